The largest absolute Gasteiger partial charge is 0.493 e. The molecule has 1 aliphatic heterocycles. The Bertz CT molecular complexity index is 893. The number of nitrogens with one attached hydrogen (secondary N) is 2. The fraction of sp³-hybridized carbons (Fsp3) is 0.391. The molecule has 0 saturated heterocycles. The van der Waals surface area contributed by atoms with Crippen molar-refractivity contribution in [1.29, 1.82) is 10.8 Å². The van der Waals surface area contributed by atoms with Gasteiger partial charge >= 0.3 is 0 Å². The van der Waals surface area contributed by atoms with Crippen LogP contribution in [0.25, 0.3) is 0 Å². The molecular weight excluding hydrogens is 352 g/mol. The van der Waals surface area contributed by atoms with Crippen molar-refractivity contribution in [3.8, 4) is 17.2 Å². The van der Waals surface area contributed by atoms with Crippen molar-refractivity contribution in [2.45, 2.75) is 38.5 Å². The average molecular weight is 378 g/mol. The molecule has 0 saturated carbocycles. The third-order valence-corrected chi connectivity index (χ3v) is 5.56. The highest BCUT2D eigenvalue weighted by Gasteiger charge is 2.30. The van der Waals surface area contributed by atoms with Gasteiger partial charge in [0.15, 0.2) is 11.5 Å². The van der Waals surface area contributed by atoms with Crippen molar-refractivity contribution < 1.29 is 14.2 Å². The lowest BCUT2D eigenvalue weighted by molar-refractivity contribution is 0.174. The number of aryl methyl sites for hydroxylation is 1. The fourth-order valence-corrected chi connectivity index (χ4v) is 4.08. The second-order valence-corrected chi connectivity index (χ2v) is 7.38. The molecule has 28 heavy (non-hydrogen) atoms. The molecule has 5 nitrogen and oxygen atoms in total. The molecule has 2 aliphatic rings. The molecule has 0 amide bonds. The Morgan fingerprint density at radius 3 is 2.71 bits per heavy atom. The monoisotopic (exact) mass is 378 g/mol. The topological polar surface area (TPSA) is 75.4 Å². The van der Waals surface area contributed by atoms with Crippen LogP contribution in [0.2, 0.25) is 0 Å². The molecule has 146 valence electrons. The van der Waals surface area contributed by atoms with Gasteiger partial charge in [-0.1, -0.05) is 25.1 Å². The van der Waals surface area contributed by atoms with Crippen LogP contribution in [0.5, 0.6) is 17.2 Å². The highest BCUT2D eigenvalue weighted by molar-refractivity contribution is 5.96. The van der Waals surface area contributed by atoms with E-state index in [1.807, 2.05) is 18.2 Å². The summed E-state index contributed by atoms with van der Waals surface area (Å²) in [6.45, 7) is 3.01. The fourth-order valence-electron chi connectivity index (χ4n) is 4.08. The first-order chi connectivity index (χ1) is 13.7. The normalized spacial score (nSPS) is 20.8. The first-order valence-corrected chi connectivity index (χ1v) is 9.93. The van der Waals surface area contributed by atoms with Crippen LogP contribution in [0.1, 0.15) is 48.8 Å². The van der Waals surface area contributed by atoms with Crippen LogP contribution >= 0.6 is 0 Å². The van der Waals surface area contributed by atoms with E-state index < -0.39 is 0 Å². The molecular formula is C23H26N2O3. The lowest BCUT2D eigenvalue weighted by Gasteiger charge is -2.28. The molecule has 2 aromatic carbocycles. The van der Waals surface area contributed by atoms with Crippen LogP contribution in [0.3, 0.4) is 0 Å². The Morgan fingerprint density at radius 2 is 1.93 bits per heavy atom. The zero-order valence-electron chi connectivity index (χ0n) is 16.2. The Kier molecular flexibility index (Phi) is 5.33. The van der Waals surface area contributed by atoms with E-state index in [4.69, 9.17) is 25.0 Å². The maximum atomic E-state index is 8.62. The summed E-state index contributed by atoms with van der Waals surface area (Å²) in [6.07, 6.45) is 4.51. The first kappa shape index (κ1) is 18.5. The minimum absolute atomic E-state index is 0.00666. The van der Waals surface area contributed by atoms with Gasteiger partial charge in [0.2, 0.25) is 6.79 Å². The molecule has 1 heterocycles. The molecule has 2 N–H and O–H groups in total. The molecule has 0 radical (unpaired) electrons. The van der Waals surface area contributed by atoms with Crippen molar-refractivity contribution in [2.75, 3.05) is 13.4 Å². The van der Waals surface area contributed by atoms with E-state index in [-0.39, 0.29) is 18.6 Å². The summed E-state index contributed by atoms with van der Waals surface area (Å²) >= 11 is 0. The summed E-state index contributed by atoms with van der Waals surface area (Å²) in [6, 6.07) is 12.3. The van der Waals surface area contributed by atoms with Crippen LogP contribution < -0.4 is 14.2 Å². The number of rotatable bonds is 5. The average Bonchev–Trinajstić information content (AvgIpc) is 3.17. The third-order valence-electron chi connectivity index (χ3n) is 5.56. The van der Waals surface area contributed by atoms with Crippen LogP contribution in [0.15, 0.2) is 36.4 Å². The molecule has 4 rings (SSSR count). The van der Waals surface area contributed by atoms with Crippen molar-refractivity contribution in [1.82, 2.24) is 0 Å². The zero-order valence-corrected chi connectivity index (χ0v) is 16.2. The molecule has 0 fully saturated rings. The highest BCUT2D eigenvalue weighted by atomic mass is 16.7. The van der Waals surface area contributed by atoms with E-state index in [1.54, 1.807) is 0 Å². The zero-order chi connectivity index (χ0) is 19.5. The Morgan fingerprint density at radius 1 is 1.14 bits per heavy atom. The molecule has 0 aromatic heterocycles. The second-order valence-electron chi connectivity index (χ2n) is 7.38. The summed E-state index contributed by atoms with van der Waals surface area (Å²) in [7, 11) is 0. The predicted molar refractivity (Wildman–Crippen MR) is 110 cm³/mol. The first-order valence-electron chi connectivity index (χ1n) is 9.93. The SMILES string of the molecule is CCCOc1ccccc1C1CC(=N)C(C=N)CCc2cc3c(cc21)OCO3. The Hall–Kier alpha value is -2.82. The Labute approximate surface area is 165 Å². The lowest BCUT2D eigenvalue weighted by Crippen LogP contribution is -2.23. The van der Waals surface area contributed by atoms with Crippen molar-refractivity contribution in [2.24, 2.45) is 5.92 Å². The number of hydrogen-bond acceptors (Lipinski definition) is 5. The maximum Gasteiger partial charge on any atom is 0.231 e. The van der Waals surface area contributed by atoms with Gasteiger partial charge in [0.05, 0.1) is 6.61 Å². The minimum atomic E-state index is -0.121. The van der Waals surface area contributed by atoms with Gasteiger partial charge in [0, 0.05) is 29.3 Å². The van der Waals surface area contributed by atoms with Gasteiger partial charge in [0.25, 0.3) is 0 Å². The van der Waals surface area contributed by atoms with Crippen LogP contribution in [0, 0.1) is 16.7 Å². The van der Waals surface area contributed by atoms with E-state index >= 15 is 0 Å². The summed E-state index contributed by atoms with van der Waals surface area (Å²) in [5.74, 6) is 2.30. The van der Waals surface area contributed by atoms with Gasteiger partial charge in [-0.25, -0.2) is 0 Å². The maximum absolute atomic E-state index is 8.62. The summed E-state index contributed by atoms with van der Waals surface area (Å²) in [5, 5.41) is 16.4. The van der Waals surface area contributed by atoms with E-state index in [9.17, 15) is 0 Å². The smallest absolute Gasteiger partial charge is 0.231 e. The molecule has 2 unspecified atom stereocenters. The highest BCUT2D eigenvalue weighted by Crippen LogP contribution is 2.44. The molecule has 0 spiro atoms. The molecule has 5 heteroatoms. The number of para-hydroxylation sites is 1. The van der Waals surface area contributed by atoms with Crippen molar-refractivity contribution in [3.05, 3.63) is 53.1 Å². The van der Waals surface area contributed by atoms with Gasteiger partial charge in [-0.3, -0.25) is 0 Å². The molecule has 2 atom stereocenters. The number of ether oxygens (including phenoxy) is 3. The van der Waals surface area contributed by atoms with Crippen LogP contribution in [-0.2, 0) is 6.42 Å². The number of hydrogen-bond donors (Lipinski definition) is 2. The Balaban J connectivity index is 1.83. The van der Waals surface area contributed by atoms with Gasteiger partial charge < -0.3 is 25.0 Å². The second kappa shape index (κ2) is 8.05. The van der Waals surface area contributed by atoms with E-state index in [0.29, 0.717) is 18.7 Å². The number of benzene rings is 2. The van der Waals surface area contributed by atoms with Gasteiger partial charge in [-0.05, 0) is 55.0 Å². The summed E-state index contributed by atoms with van der Waals surface area (Å²) in [4.78, 5) is 0. The summed E-state index contributed by atoms with van der Waals surface area (Å²) in [5.41, 5.74) is 4.07. The van der Waals surface area contributed by atoms with Gasteiger partial charge in [-0.15, -0.1) is 0 Å². The lowest BCUT2D eigenvalue weighted by atomic mass is 9.77. The molecule has 1 aliphatic carbocycles. The van der Waals surface area contributed by atoms with Gasteiger partial charge in [0.1, 0.15) is 5.75 Å². The third kappa shape index (κ3) is 3.49. The van der Waals surface area contributed by atoms with Crippen LogP contribution in [-0.4, -0.2) is 25.3 Å². The van der Waals surface area contributed by atoms with E-state index in [1.165, 1.54) is 17.3 Å². The number of fused-ring (bicyclic) bond motifs is 2. The molecule has 2 aromatic rings. The standard InChI is InChI=1S/C23H26N2O3/c1-2-9-26-21-6-4-3-5-17(21)19-11-20(25)16(13-24)8-7-15-10-22-23(12-18(15)19)28-14-27-22/h3-6,10,12-13,16,19,24-25H,2,7-9,11,14H2,1H3. The van der Waals surface area contributed by atoms with Crippen LogP contribution in [0.4, 0.5) is 0 Å². The van der Waals surface area contributed by atoms with E-state index in [2.05, 4.69) is 25.1 Å². The quantitative estimate of drug-likeness (QED) is 0.722. The van der Waals surface area contributed by atoms with E-state index in [0.717, 1.165) is 42.1 Å². The van der Waals surface area contributed by atoms with Gasteiger partial charge in [-0.2, -0.15) is 0 Å². The van der Waals surface area contributed by atoms with Crippen molar-refractivity contribution >= 4 is 11.9 Å². The minimum Gasteiger partial charge on any atom is -0.493 e. The molecule has 0 bridgehead atoms. The summed E-state index contributed by atoms with van der Waals surface area (Å²) < 4.78 is 17.3. The van der Waals surface area contributed by atoms with Crippen molar-refractivity contribution in [3.63, 3.8) is 0 Å². The predicted octanol–water partition coefficient (Wildman–Crippen LogP) is 4.96.